The first-order valence-corrected chi connectivity index (χ1v) is 6.27. The molecule has 0 amide bonds. The molecule has 2 rings (SSSR count). The molecule has 2 heterocycles. The number of hydrogen-bond acceptors (Lipinski definition) is 5. The zero-order valence-corrected chi connectivity index (χ0v) is 10.7. The zero-order valence-electron chi connectivity index (χ0n) is 9.99. The van der Waals surface area contributed by atoms with Crippen molar-refractivity contribution in [1.29, 1.82) is 0 Å². The van der Waals surface area contributed by atoms with Crippen molar-refractivity contribution in [2.75, 3.05) is 31.2 Å². The predicted octanol–water partition coefficient (Wildman–Crippen LogP) is 1.61. The third-order valence-corrected chi connectivity index (χ3v) is 3.35. The van der Waals surface area contributed by atoms with Gasteiger partial charge in [0.25, 0.3) is 0 Å². The van der Waals surface area contributed by atoms with Gasteiger partial charge in [0.1, 0.15) is 11.0 Å². The number of aromatic nitrogens is 2. The van der Waals surface area contributed by atoms with Crippen molar-refractivity contribution in [1.82, 2.24) is 14.9 Å². The van der Waals surface area contributed by atoms with Crippen LogP contribution in [0.3, 0.4) is 0 Å². The van der Waals surface area contributed by atoms with Crippen molar-refractivity contribution in [2.24, 2.45) is 0 Å². The number of rotatable bonds is 3. The monoisotopic (exact) mass is 255 g/mol. The van der Waals surface area contributed by atoms with Gasteiger partial charge in [-0.15, -0.1) is 0 Å². The second-order valence-corrected chi connectivity index (χ2v) is 4.83. The van der Waals surface area contributed by atoms with Gasteiger partial charge in [-0.25, -0.2) is 4.98 Å². The van der Waals surface area contributed by atoms with E-state index >= 15 is 0 Å². The van der Waals surface area contributed by atoms with Gasteiger partial charge in [-0.3, -0.25) is 0 Å². The van der Waals surface area contributed by atoms with E-state index in [-0.39, 0.29) is 5.95 Å². The first-order valence-electron chi connectivity index (χ1n) is 5.89. The number of nitrogens with zero attached hydrogens (tertiary/aromatic N) is 3. The Kier molecular flexibility index (Phi) is 4.02. The molecule has 0 saturated carbocycles. The van der Waals surface area contributed by atoms with E-state index in [1.54, 1.807) is 6.07 Å². The summed E-state index contributed by atoms with van der Waals surface area (Å²) in [5, 5.41) is 3.64. The van der Waals surface area contributed by atoms with E-state index in [0.29, 0.717) is 17.0 Å². The van der Waals surface area contributed by atoms with Crippen LogP contribution in [0.5, 0.6) is 0 Å². The van der Waals surface area contributed by atoms with Gasteiger partial charge in [0.2, 0.25) is 5.95 Å². The molecule has 1 atom stereocenters. The van der Waals surface area contributed by atoms with Gasteiger partial charge >= 0.3 is 0 Å². The van der Waals surface area contributed by atoms with Gasteiger partial charge in [0.05, 0.1) is 0 Å². The molecule has 0 radical (unpaired) electrons. The largest absolute Gasteiger partial charge is 0.368 e. The number of piperidine rings is 1. The lowest BCUT2D eigenvalue weighted by atomic mass is 10.0. The molecule has 1 unspecified atom stereocenters. The maximum atomic E-state index is 5.82. The molecule has 1 aromatic heterocycles. The van der Waals surface area contributed by atoms with E-state index in [1.165, 1.54) is 25.8 Å². The molecule has 0 bridgehead atoms. The fourth-order valence-electron chi connectivity index (χ4n) is 2.15. The fraction of sp³-hybridized carbons (Fsp3) is 0.636. The maximum Gasteiger partial charge on any atom is 0.223 e. The number of anilines is 2. The summed E-state index contributed by atoms with van der Waals surface area (Å²) in [5.74, 6) is 0.901. The minimum Gasteiger partial charge on any atom is -0.368 e. The highest BCUT2D eigenvalue weighted by Crippen LogP contribution is 2.17. The lowest BCUT2D eigenvalue weighted by Gasteiger charge is -2.32. The van der Waals surface area contributed by atoms with Crippen LogP contribution >= 0.6 is 11.6 Å². The van der Waals surface area contributed by atoms with Crippen LogP contribution in [0.4, 0.5) is 11.8 Å². The summed E-state index contributed by atoms with van der Waals surface area (Å²) < 4.78 is 0. The molecule has 1 saturated heterocycles. The van der Waals surface area contributed by atoms with Gasteiger partial charge in [-0.2, -0.15) is 4.98 Å². The summed E-state index contributed by atoms with van der Waals surface area (Å²) in [4.78, 5) is 10.3. The molecular weight excluding hydrogens is 238 g/mol. The van der Waals surface area contributed by atoms with Crippen molar-refractivity contribution in [3.63, 3.8) is 0 Å². The molecule has 1 aromatic rings. The van der Waals surface area contributed by atoms with Crippen molar-refractivity contribution in [3.8, 4) is 0 Å². The van der Waals surface area contributed by atoms with Crippen LogP contribution < -0.4 is 11.1 Å². The first-order chi connectivity index (χ1) is 8.15. The van der Waals surface area contributed by atoms with Crippen LogP contribution in [-0.2, 0) is 0 Å². The van der Waals surface area contributed by atoms with E-state index in [9.17, 15) is 0 Å². The highest BCUT2D eigenvalue weighted by atomic mass is 35.5. The van der Waals surface area contributed by atoms with Crippen LogP contribution in [0.25, 0.3) is 0 Å². The Hall–Kier alpha value is -1.07. The molecule has 0 aliphatic carbocycles. The molecule has 3 N–H and O–H groups in total. The predicted molar refractivity (Wildman–Crippen MR) is 70.2 cm³/mol. The lowest BCUT2D eigenvalue weighted by Crippen LogP contribution is -2.40. The molecule has 1 fully saturated rings. The second-order valence-electron chi connectivity index (χ2n) is 4.45. The standard InChI is InChI=1S/C11H18ClN5/c1-17-5-3-2-4-8(17)7-14-10-6-9(12)15-11(13)16-10/h6,8H,2-5,7H2,1H3,(H3,13,14,15,16). The fourth-order valence-corrected chi connectivity index (χ4v) is 2.34. The zero-order chi connectivity index (χ0) is 12.3. The summed E-state index contributed by atoms with van der Waals surface area (Å²) in [7, 11) is 2.16. The molecule has 5 nitrogen and oxygen atoms in total. The van der Waals surface area contributed by atoms with Gasteiger partial charge in [-0.1, -0.05) is 18.0 Å². The number of nitrogen functional groups attached to an aromatic ring is 1. The minimum absolute atomic E-state index is 0.206. The van der Waals surface area contributed by atoms with E-state index < -0.39 is 0 Å². The topological polar surface area (TPSA) is 67.1 Å². The number of likely N-dealkylation sites (N-methyl/N-ethyl adjacent to an activating group) is 1. The molecule has 6 heteroatoms. The van der Waals surface area contributed by atoms with Crippen molar-refractivity contribution in [2.45, 2.75) is 25.3 Å². The number of likely N-dealkylation sites (tertiary alicyclic amines) is 1. The Morgan fingerprint density at radius 3 is 3.06 bits per heavy atom. The number of halogens is 1. The smallest absolute Gasteiger partial charge is 0.223 e. The van der Waals surface area contributed by atoms with Gasteiger partial charge in [0, 0.05) is 18.7 Å². The van der Waals surface area contributed by atoms with E-state index in [2.05, 4.69) is 27.2 Å². The Morgan fingerprint density at radius 1 is 1.53 bits per heavy atom. The average molecular weight is 256 g/mol. The Morgan fingerprint density at radius 2 is 2.35 bits per heavy atom. The Bertz CT molecular complexity index is 364. The molecule has 0 aromatic carbocycles. The Labute approximate surface area is 106 Å². The highest BCUT2D eigenvalue weighted by molar-refractivity contribution is 6.29. The summed E-state index contributed by atoms with van der Waals surface area (Å²) in [5.41, 5.74) is 5.54. The van der Waals surface area contributed by atoms with Gasteiger partial charge < -0.3 is 16.0 Å². The molecule has 1 aliphatic heterocycles. The second kappa shape index (κ2) is 5.51. The van der Waals surface area contributed by atoms with Crippen LogP contribution in [0.15, 0.2) is 6.07 Å². The number of nitrogens with one attached hydrogen (secondary N) is 1. The first kappa shape index (κ1) is 12.4. The molecule has 0 spiro atoms. The molecule has 94 valence electrons. The normalized spacial score (nSPS) is 21.4. The van der Waals surface area contributed by atoms with E-state index in [1.807, 2.05) is 0 Å². The summed E-state index contributed by atoms with van der Waals surface area (Å²) in [6, 6.07) is 2.25. The van der Waals surface area contributed by atoms with Gasteiger partial charge in [-0.05, 0) is 26.4 Å². The summed E-state index contributed by atoms with van der Waals surface area (Å²) in [6.07, 6.45) is 3.81. The minimum atomic E-state index is 0.206. The van der Waals surface area contributed by atoms with E-state index in [4.69, 9.17) is 17.3 Å². The van der Waals surface area contributed by atoms with Crippen LogP contribution in [0, 0.1) is 0 Å². The third kappa shape index (κ3) is 3.44. The number of hydrogen-bond donors (Lipinski definition) is 2. The van der Waals surface area contributed by atoms with Crippen molar-refractivity contribution in [3.05, 3.63) is 11.2 Å². The van der Waals surface area contributed by atoms with Gasteiger partial charge in [0.15, 0.2) is 0 Å². The highest BCUT2D eigenvalue weighted by Gasteiger charge is 2.18. The lowest BCUT2D eigenvalue weighted by molar-refractivity contribution is 0.194. The molecule has 1 aliphatic rings. The van der Waals surface area contributed by atoms with E-state index in [0.717, 1.165) is 6.54 Å². The van der Waals surface area contributed by atoms with Crippen molar-refractivity contribution >= 4 is 23.4 Å². The van der Waals surface area contributed by atoms with Crippen LogP contribution in [-0.4, -0.2) is 41.0 Å². The van der Waals surface area contributed by atoms with Crippen LogP contribution in [0.2, 0.25) is 5.15 Å². The van der Waals surface area contributed by atoms with Crippen LogP contribution in [0.1, 0.15) is 19.3 Å². The molecule has 17 heavy (non-hydrogen) atoms. The average Bonchev–Trinajstić information content (AvgIpc) is 2.27. The molecular formula is C11H18ClN5. The SMILES string of the molecule is CN1CCCCC1CNc1cc(Cl)nc(N)n1. The quantitative estimate of drug-likeness (QED) is 0.804. The maximum absolute atomic E-state index is 5.82. The number of nitrogens with two attached hydrogens (primary N) is 1. The van der Waals surface area contributed by atoms with Crippen molar-refractivity contribution < 1.29 is 0 Å². The Balaban J connectivity index is 1.92. The summed E-state index contributed by atoms with van der Waals surface area (Å²) >= 11 is 5.82. The summed E-state index contributed by atoms with van der Waals surface area (Å²) in [6.45, 7) is 2.03. The third-order valence-electron chi connectivity index (χ3n) is 3.15.